The summed E-state index contributed by atoms with van der Waals surface area (Å²) >= 11 is 1.61. The minimum atomic E-state index is -4.24. The molecule has 0 atom stereocenters. The van der Waals surface area contributed by atoms with Crippen molar-refractivity contribution in [3.63, 3.8) is 0 Å². The summed E-state index contributed by atoms with van der Waals surface area (Å²) in [5, 5.41) is 0. The summed E-state index contributed by atoms with van der Waals surface area (Å²) in [5.74, 6) is 0.543. The molecule has 0 spiro atoms. The van der Waals surface area contributed by atoms with Crippen molar-refractivity contribution in [2.24, 2.45) is 0 Å². The Morgan fingerprint density at radius 1 is 1.08 bits per heavy atom. The molecule has 0 rings (SSSR count). The zero-order valence-corrected chi connectivity index (χ0v) is 20.5. The van der Waals surface area contributed by atoms with E-state index in [1.165, 1.54) is 0 Å². The smallest absolute Gasteiger partial charge is 0.748 e. The predicted molar refractivity (Wildman–Crippen MR) is 88.3 cm³/mol. The first-order valence-corrected chi connectivity index (χ1v) is 11.8. The number of hydrogen-bond donors (Lipinski definition) is 0. The van der Waals surface area contributed by atoms with E-state index in [1.54, 1.807) is 33.1 Å². The Balaban J connectivity index is 0. The van der Waals surface area contributed by atoms with Crippen molar-refractivity contribution < 1.29 is 87.2 Å². The minimum Gasteiger partial charge on any atom is -0.748 e. The minimum absolute atomic E-state index is 0. The van der Waals surface area contributed by atoms with E-state index in [1.807, 2.05) is 0 Å². The average Bonchev–Trinajstić information content (AvgIpc) is 2.51. The van der Waals surface area contributed by atoms with E-state index < -0.39 is 30.6 Å². The van der Waals surface area contributed by atoms with Gasteiger partial charge in [0.2, 0.25) is 0 Å². The van der Waals surface area contributed by atoms with Crippen LogP contribution in [-0.4, -0.2) is 72.9 Å². The van der Waals surface area contributed by atoms with Crippen LogP contribution in [0.1, 0.15) is 19.3 Å². The maximum Gasteiger partial charge on any atom is 1.00 e. The molecular formula is C12H25KO8S2Si. The largest absolute Gasteiger partial charge is 1.00 e. The van der Waals surface area contributed by atoms with Gasteiger partial charge in [-0.05, 0) is 18.6 Å². The molecule has 0 aliphatic heterocycles. The summed E-state index contributed by atoms with van der Waals surface area (Å²) in [5.41, 5.74) is 0. The third-order valence-corrected chi connectivity index (χ3v) is 7.65. The first-order chi connectivity index (χ1) is 10.8. The van der Waals surface area contributed by atoms with Crippen LogP contribution in [0.5, 0.6) is 0 Å². The maximum absolute atomic E-state index is 11.4. The van der Waals surface area contributed by atoms with E-state index in [9.17, 15) is 17.8 Å². The molecule has 0 aliphatic carbocycles. The van der Waals surface area contributed by atoms with Crippen molar-refractivity contribution in [3.05, 3.63) is 0 Å². The molecule has 138 valence electrons. The fraction of sp³-hybridized carbons (Fsp3) is 0.917. The molecule has 0 aromatic carbocycles. The number of thioether (sulfide) groups is 1. The van der Waals surface area contributed by atoms with Gasteiger partial charge < -0.3 is 22.6 Å². The molecule has 0 N–H and O–H groups in total. The second kappa shape index (κ2) is 15.5. The van der Waals surface area contributed by atoms with E-state index in [0.29, 0.717) is 11.8 Å². The molecular weight excluding hydrogens is 403 g/mol. The Bertz CT molecular complexity index is 423. The quantitative estimate of drug-likeness (QED) is 0.132. The van der Waals surface area contributed by atoms with E-state index in [4.69, 9.17) is 18.0 Å². The predicted octanol–water partition coefficient (Wildman–Crippen LogP) is -2.14. The van der Waals surface area contributed by atoms with Gasteiger partial charge in [-0.3, -0.25) is 4.79 Å². The molecule has 0 aliphatic rings. The molecule has 0 radical (unpaired) electrons. The van der Waals surface area contributed by atoms with Gasteiger partial charge in [-0.25, -0.2) is 8.42 Å². The monoisotopic (exact) mass is 428 g/mol. The van der Waals surface area contributed by atoms with E-state index >= 15 is 0 Å². The molecule has 0 saturated heterocycles. The van der Waals surface area contributed by atoms with Gasteiger partial charge in [-0.1, -0.05) is 0 Å². The molecule has 0 aromatic heterocycles. The van der Waals surface area contributed by atoms with E-state index in [2.05, 4.69) is 0 Å². The summed E-state index contributed by atoms with van der Waals surface area (Å²) in [6.07, 6.45) is 1.13. The van der Waals surface area contributed by atoms with Crippen molar-refractivity contribution in [2.75, 3.05) is 45.2 Å². The summed E-state index contributed by atoms with van der Waals surface area (Å²) < 4.78 is 51.8. The average molecular weight is 429 g/mol. The molecule has 0 heterocycles. The standard InChI is InChI=1S/C12H26O8S2Si.K/c1-17-23(18-2,19-3)11-5-8-21-9-6-12(13)20-7-4-10-22(14,15)16;/h4-11H2,1-3H3,(H,14,15,16);/q;+1/p-1. The topological polar surface area (TPSA) is 111 Å². The second-order valence-corrected chi connectivity index (χ2v) is 10.4. The van der Waals surface area contributed by atoms with Crippen molar-refractivity contribution in [3.8, 4) is 0 Å². The third kappa shape index (κ3) is 14.6. The van der Waals surface area contributed by atoms with Gasteiger partial charge in [0.05, 0.1) is 23.1 Å². The first-order valence-electron chi connectivity index (χ1n) is 7.11. The summed E-state index contributed by atoms with van der Waals surface area (Å²) in [6.45, 7) is -0.0470. The molecule has 0 unspecified atom stereocenters. The van der Waals surface area contributed by atoms with Crippen molar-refractivity contribution in [1.82, 2.24) is 0 Å². The van der Waals surface area contributed by atoms with Gasteiger partial charge >= 0.3 is 66.2 Å². The molecule has 0 saturated carbocycles. The maximum atomic E-state index is 11.4. The van der Waals surface area contributed by atoms with Crippen LogP contribution in [0.15, 0.2) is 0 Å². The normalized spacial score (nSPS) is 11.8. The summed E-state index contributed by atoms with van der Waals surface area (Å²) in [4.78, 5) is 11.4. The SMILES string of the molecule is CO[Si](CCCSCCC(=O)OCCCS(=O)(=O)[O-])(OC)OC.[K+]. The molecule has 0 bridgehead atoms. The number of esters is 1. The van der Waals surface area contributed by atoms with Crippen molar-refractivity contribution in [2.45, 2.75) is 25.3 Å². The number of rotatable bonds is 14. The molecule has 0 aromatic rings. The van der Waals surface area contributed by atoms with Crippen LogP contribution in [-0.2, 0) is 32.9 Å². The number of carbonyl (C=O) groups is 1. The molecule has 24 heavy (non-hydrogen) atoms. The Morgan fingerprint density at radius 2 is 1.67 bits per heavy atom. The second-order valence-electron chi connectivity index (χ2n) is 4.60. The van der Waals surface area contributed by atoms with Gasteiger partial charge in [0.25, 0.3) is 0 Å². The van der Waals surface area contributed by atoms with Gasteiger partial charge in [0.1, 0.15) is 0 Å². The van der Waals surface area contributed by atoms with Crippen molar-refractivity contribution in [1.29, 1.82) is 0 Å². The van der Waals surface area contributed by atoms with Crippen LogP contribution in [0.3, 0.4) is 0 Å². The number of hydrogen-bond acceptors (Lipinski definition) is 9. The van der Waals surface area contributed by atoms with Crippen LogP contribution < -0.4 is 51.4 Å². The van der Waals surface area contributed by atoms with Crippen LogP contribution in [0.25, 0.3) is 0 Å². The Morgan fingerprint density at radius 3 is 2.17 bits per heavy atom. The van der Waals surface area contributed by atoms with Gasteiger partial charge in [-0.2, -0.15) is 11.8 Å². The fourth-order valence-electron chi connectivity index (χ4n) is 1.70. The Kier molecular flexibility index (Phi) is 17.9. The third-order valence-electron chi connectivity index (χ3n) is 2.96. The van der Waals surface area contributed by atoms with Crippen LogP contribution in [0, 0.1) is 0 Å². The Hall–Kier alpha value is 1.46. The van der Waals surface area contributed by atoms with Crippen LogP contribution in [0.4, 0.5) is 0 Å². The Labute approximate surface area is 192 Å². The molecule has 12 heteroatoms. The molecule has 0 fully saturated rings. The number of ether oxygens (including phenoxy) is 1. The number of carbonyl (C=O) groups excluding carboxylic acids is 1. The molecule has 0 amide bonds. The van der Waals surface area contributed by atoms with Crippen molar-refractivity contribution >= 4 is 36.7 Å². The van der Waals surface area contributed by atoms with E-state index in [-0.39, 0.29) is 70.8 Å². The van der Waals surface area contributed by atoms with Gasteiger partial charge in [0.15, 0.2) is 0 Å². The van der Waals surface area contributed by atoms with Crippen LogP contribution in [0.2, 0.25) is 6.04 Å². The zero-order valence-electron chi connectivity index (χ0n) is 14.7. The van der Waals surface area contributed by atoms with Gasteiger partial charge in [0, 0.05) is 38.9 Å². The zero-order chi connectivity index (χ0) is 17.8. The van der Waals surface area contributed by atoms with Gasteiger partial charge in [-0.15, -0.1) is 0 Å². The summed E-state index contributed by atoms with van der Waals surface area (Å²) in [6, 6.07) is 0.706. The summed E-state index contributed by atoms with van der Waals surface area (Å²) in [7, 11) is -2.05. The first kappa shape index (κ1) is 27.7. The van der Waals surface area contributed by atoms with Crippen LogP contribution >= 0.6 is 11.8 Å². The molecule has 8 nitrogen and oxygen atoms in total. The fourth-order valence-corrected chi connectivity index (χ4v) is 5.01. The van der Waals surface area contributed by atoms with E-state index in [0.717, 1.165) is 12.2 Å².